The predicted octanol–water partition coefficient (Wildman–Crippen LogP) is 1.45. The molecule has 0 aromatic carbocycles. The molecule has 2 aliphatic rings. The van der Waals surface area contributed by atoms with Gasteiger partial charge in [0, 0.05) is 0 Å². The average Bonchev–Trinajstić information content (AvgIpc) is 2.41. The first-order chi connectivity index (χ1) is 7.74. The third-order valence-electron chi connectivity index (χ3n) is 3.59. The molecule has 0 aromatic heterocycles. The van der Waals surface area contributed by atoms with Gasteiger partial charge in [-0.15, -0.1) is 0 Å². The molecule has 3 atom stereocenters. The van der Waals surface area contributed by atoms with Crippen molar-refractivity contribution in [3.05, 3.63) is 0 Å². The molecule has 0 spiro atoms. The summed E-state index contributed by atoms with van der Waals surface area (Å²) in [5.41, 5.74) is 0. The summed E-state index contributed by atoms with van der Waals surface area (Å²) in [6, 6.07) is 0. The smallest absolute Gasteiger partial charge is 0.589 e. The topological polar surface area (TPSA) is 52.6 Å². The largest absolute Gasteiger partial charge is 0.885 e. The molecule has 0 amide bonds. The zero-order valence-electron chi connectivity index (χ0n) is 9.48. The average molecular weight is 239 g/mol. The van der Waals surface area contributed by atoms with Gasteiger partial charge in [-0.1, -0.05) is 19.8 Å². The fourth-order valence-electron chi connectivity index (χ4n) is 2.89. The number of fused-ring (bicyclic) bond motifs is 1. The quantitative estimate of drug-likeness (QED) is 0.684. The molecule has 0 N–H and O–H groups in total. The fraction of sp³-hybridized carbons (Fsp3) is 0.818. The van der Waals surface area contributed by atoms with Crippen molar-refractivity contribution < 1.29 is 17.2 Å². The Balaban J connectivity index is 2.19. The van der Waals surface area contributed by atoms with Crippen LogP contribution in [0.2, 0.25) is 0 Å². The molecule has 0 aromatic rings. The lowest BCUT2D eigenvalue weighted by molar-refractivity contribution is -0.149. The van der Waals surface area contributed by atoms with Gasteiger partial charge in [0.05, 0.1) is 11.8 Å². The number of rotatable bonds is 2. The minimum atomic E-state index is -0.929. The lowest BCUT2D eigenvalue weighted by Gasteiger charge is -2.33. The Morgan fingerprint density at radius 2 is 2.00 bits per heavy atom. The van der Waals surface area contributed by atoms with E-state index in [1.807, 2.05) is 0 Å². The summed E-state index contributed by atoms with van der Waals surface area (Å²) in [6.07, 6.45) is 4.87. The van der Waals surface area contributed by atoms with Gasteiger partial charge in [-0.2, -0.15) is 0 Å². The van der Waals surface area contributed by atoms with E-state index in [0.717, 1.165) is 32.1 Å². The first-order valence-corrected chi connectivity index (χ1v) is 6.91. The van der Waals surface area contributed by atoms with E-state index < -0.39 is 15.9 Å². The molecular formula is C11H16AlO4. The maximum Gasteiger partial charge on any atom is 0.885 e. The summed E-state index contributed by atoms with van der Waals surface area (Å²) in [5.74, 6) is -0.596. The minimum Gasteiger partial charge on any atom is -0.589 e. The van der Waals surface area contributed by atoms with Crippen LogP contribution in [-0.4, -0.2) is 27.8 Å². The molecule has 5 heteroatoms. The highest BCUT2D eigenvalue weighted by atomic mass is 27.2. The van der Waals surface area contributed by atoms with Crippen molar-refractivity contribution >= 4 is 27.8 Å². The summed E-state index contributed by atoms with van der Waals surface area (Å²) < 4.78 is 9.99. The van der Waals surface area contributed by atoms with Gasteiger partial charge < -0.3 is 7.58 Å². The molecule has 0 bridgehead atoms. The van der Waals surface area contributed by atoms with Crippen molar-refractivity contribution in [3.8, 4) is 0 Å². The second-order valence-corrected chi connectivity index (χ2v) is 5.25. The molecular weight excluding hydrogens is 223 g/mol. The van der Waals surface area contributed by atoms with E-state index in [-0.39, 0.29) is 23.8 Å². The highest BCUT2D eigenvalue weighted by molar-refractivity contribution is 6.27. The SMILES string of the molecule is CCCC1CCCC2C(=O)[O][Al][O]C(=O)C12. The van der Waals surface area contributed by atoms with Gasteiger partial charge in [-0.25, -0.2) is 0 Å². The number of carbonyl (C=O) groups excluding carboxylic acids is 2. The summed E-state index contributed by atoms with van der Waals surface area (Å²) in [6.45, 7) is 2.11. The van der Waals surface area contributed by atoms with Crippen molar-refractivity contribution in [2.75, 3.05) is 0 Å². The van der Waals surface area contributed by atoms with Crippen LogP contribution >= 0.6 is 0 Å². The van der Waals surface area contributed by atoms with Crippen molar-refractivity contribution in [2.24, 2.45) is 17.8 Å². The van der Waals surface area contributed by atoms with Crippen molar-refractivity contribution in [1.82, 2.24) is 0 Å². The van der Waals surface area contributed by atoms with Gasteiger partial charge in [0.2, 0.25) is 0 Å². The predicted molar refractivity (Wildman–Crippen MR) is 57.2 cm³/mol. The highest BCUT2D eigenvalue weighted by Gasteiger charge is 2.45. The molecule has 1 heterocycles. The summed E-state index contributed by atoms with van der Waals surface area (Å²) in [4.78, 5) is 23.6. The number of hydrogen-bond acceptors (Lipinski definition) is 4. The number of hydrogen-bond donors (Lipinski definition) is 0. The van der Waals surface area contributed by atoms with Gasteiger partial charge in [0.1, 0.15) is 0 Å². The van der Waals surface area contributed by atoms with Gasteiger partial charge in [-0.05, 0) is 25.2 Å². The highest BCUT2D eigenvalue weighted by Crippen LogP contribution is 2.39. The second-order valence-electron chi connectivity index (χ2n) is 4.58. The van der Waals surface area contributed by atoms with Crippen LogP contribution in [0.15, 0.2) is 0 Å². The molecule has 1 aliphatic carbocycles. The normalized spacial score (nSPS) is 34.2. The van der Waals surface area contributed by atoms with E-state index in [2.05, 4.69) is 6.92 Å². The van der Waals surface area contributed by atoms with Crippen LogP contribution in [0, 0.1) is 17.8 Å². The lowest BCUT2D eigenvalue weighted by atomic mass is 9.70. The van der Waals surface area contributed by atoms with Gasteiger partial charge in [0.25, 0.3) is 11.9 Å². The van der Waals surface area contributed by atoms with E-state index in [1.54, 1.807) is 0 Å². The van der Waals surface area contributed by atoms with Crippen LogP contribution in [0.1, 0.15) is 39.0 Å². The molecule has 87 valence electrons. The van der Waals surface area contributed by atoms with Crippen molar-refractivity contribution in [2.45, 2.75) is 39.0 Å². The maximum absolute atomic E-state index is 11.8. The first kappa shape index (κ1) is 11.9. The van der Waals surface area contributed by atoms with Crippen molar-refractivity contribution in [1.29, 1.82) is 0 Å². The molecule has 1 radical (unpaired) electrons. The standard InChI is InChI=1S/C11H18O4.Al/c1-2-4-7-5-3-6-8(10(12)13)9(7)11(14)15;/h7-9H,2-6H2,1H3,(H,12,13)(H,14,15);/q;+2/p-2. The molecule has 1 saturated heterocycles. The molecule has 3 unspecified atom stereocenters. The summed E-state index contributed by atoms with van der Waals surface area (Å²) in [5, 5.41) is 0. The minimum absolute atomic E-state index is 0.205. The van der Waals surface area contributed by atoms with Crippen molar-refractivity contribution in [3.63, 3.8) is 0 Å². The Morgan fingerprint density at radius 3 is 2.75 bits per heavy atom. The van der Waals surface area contributed by atoms with Crippen LogP contribution < -0.4 is 0 Å². The van der Waals surface area contributed by atoms with E-state index in [0.29, 0.717) is 5.92 Å². The van der Waals surface area contributed by atoms with Gasteiger partial charge >= 0.3 is 15.9 Å². The number of carbonyl (C=O) groups is 2. The Hall–Kier alpha value is -0.528. The summed E-state index contributed by atoms with van der Waals surface area (Å²) >= 11 is -0.929. The fourth-order valence-corrected chi connectivity index (χ4v) is 3.46. The van der Waals surface area contributed by atoms with Crippen LogP contribution in [0.4, 0.5) is 0 Å². The van der Waals surface area contributed by atoms with E-state index >= 15 is 0 Å². The van der Waals surface area contributed by atoms with Gasteiger partial charge in [-0.3, -0.25) is 9.59 Å². The molecule has 4 nitrogen and oxygen atoms in total. The third-order valence-corrected chi connectivity index (χ3v) is 4.25. The van der Waals surface area contributed by atoms with Crippen LogP contribution in [-0.2, 0) is 17.2 Å². The Bertz CT molecular complexity index is 290. The van der Waals surface area contributed by atoms with E-state index in [9.17, 15) is 9.59 Å². The molecule has 1 aliphatic heterocycles. The molecule has 2 rings (SSSR count). The first-order valence-electron chi connectivity index (χ1n) is 5.96. The summed E-state index contributed by atoms with van der Waals surface area (Å²) in [7, 11) is 0. The Morgan fingerprint density at radius 1 is 1.25 bits per heavy atom. The molecule has 1 saturated carbocycles. The van der Waals surface area contributed by atoms with E-state index in [4.69, 9.17) is 7.58 Å². The third kappa shape index (κ3) is 2.26. The van der Waals surface area contributed by atoms with Crippen LogP contribution in [0.5, 0.6) is 0 Å². The van der Waals surface area contributed by atoms with Crippen LogP contribution in [0.3, 0.4) is 0 Å². The Kier molecular flexibility index (Phi) is 3.88. The van der Waals surface area contributed by atoms with E-state index in [1.165, 1.54) is 0 Å². The van der Waals surface area contributed by atoms with Crippen LogP contribution in [0.25, 0.3) is 0 Å². The molecule has 2 fully saturated rings. The second kappa shape index (κ2) is 5.20. The molecule has 16 heavy (non-hydrogen) atoms. The zero-order chi connectivity index (χ0) is 11.5. The van der Waals surface area contributed by atoms with Gasteiger partial charge in [0.15, 0.2) is 0 Å². The lowest BCUT2D eigenvalue weighted by Crippen LogP contribution is -2.37. The zero-order valence-corrected chi connectivity index (χ0v) is 10.6. The Labute approximate surface area is 102 Å². The maximum atomic E-state index is 11.8. The monoisotopic (exact) mass is 239 g/mol.